The van der Waals surface area contributed by atoms with Gasteiger partial charge in [-0.2, -0.15) is 0 Å². The lowest BCUT2D eigenvalue weighted by molar-refractivity contribution is -0.153. The molecule has 106 valence electrons. The highest BCUT2D eigenvalue weighted by atomic mass is 16.7. The predicted molar refractivity (Wildman–Crippen MR) is 79.2 cm³/mol. The van der Waals surface area contributed by atoms with Crippen LogP contribution in [0.3, 0.4) is 0 Å². The van der Waals surface area contributed by atoms with Crippen LogP contribution in [0.2, 0.25) is 0 Å². The Kier molecular flexibility index (Phi) is 3.44. The lowest BCUT2D eigenvalue weighted by atomic mass is 10.0. The van der Waals surface area contributed by atoms with Crippen molar-refractivity contribution >= 4 is 11.7 Å². The van der Waals surface area contributed by atoms with Crippen molar-refractivity contribution in [2.24, 2.45) is 5.16 Å². The third-order valence-corrected chi connectivity index (χ3v) is 3.50. The third kappa shape index (κ3) is 2.79. The van der Waals surface area contributed by atoms with E-state index < -0.39 is 11.6 Å². The number of hydrogen-bond acceptors (Lipinski definition) is 3. The fourth-order valence-corrected chi connectivity index (χ4v) is 2.05. The second-order valence-electron chi connectivity index (χ2n) is 5.06. The Morgan fingerprint density at radius 3 is 1.81 bits per heavy atom. The standard InChI is InChI=1S/C17H15NO3/c19-16(20)17(11-12-17)21-18-15(13-7-3-1-4-8-13)14-9-5-2-6-10-14/h1-10H,11-12H2,(H,19,20). The van der Waals surface area contributed by atoms with Crippen molar-refractivity contribution in [2.45, 2.75) is 18.4 Å². The molecule has 1 fully saturated rings. The highest BCUT2D eigenvalue weighted by Gasteiger charge is 2.54. The van der Waals surface area contributed by atoms with E-state index in [1.807, 2.05) is 60.7 Å². The number of carboxylic acid groups (broad SMARTS) is 1. The van der Waals surface area contributed by atoms with Gasteiger partial charge in [-0.1, -0.05) is 65.8 Å². The molecule has 1 N–H and O–H groups in total. The first-order valence-corrected chi connectivity index (χ1v) is 6.82. The minimum atomic E-state index is -1.13. The number of nitrogens with zero attached hydrogens (tertiary/aromatic N) is 1. The molecule has 4 heteroatoms. The van der Waals surface area contributed by atoms with Crippen molar-refractivity contribution in [3.63, 3.8) is 0 Å². The topological polar surface area (TPSA) is 58.9 Å². The molecule has 0 bridgehead atoms. The first kappa shape index (κ1) is 13.4. The van der Waals surface area contributed by atoms with E-state index in [1.165, 1.54) is 0 Å². The summed E-state index contributed by atoms with van der Waals surface area (Å²) in [4.78, 5) is 16.5. The molecule has 0 aliphatic heterocycles. The van der Waals surface area contributed by atoms with Gasteiger partial charge in [0.25, 0.3) is 0 Å². The smallest absolute Gasteiger partial charge is 0.350 e. The number of aliphatic carboxylic acids is 1. The van der Waals surface area contributed by atoms with Gasteiger partial charge in [0.1, 0.15) is 5.71 Å². The monoisotopic (exact) mass is 281 g/mol. The van der Waals surface area contributed by atoms with Crippen LogP contribution in [0.15, 0.2) is 65.8 Å². The molecule has 0 unspecified atom stereocenters. The van der Waals surface area contributed by atoms with Crippen LogP contribution >= 0.6 is 0 Å². The molecular weight excluding hydrogens is 266 g/mol. The second-order valence-corrected chi connectivity index (χ2v) is 5.06. The van der Waals surface area contributed by atoms with Crippen molar-refractivity contribution < 1.29 is 14.7 Å². The number of oxime groups is 1. The average Bonchev–Trinajstić information content (AvgIpc) is 3.31. The summed E-state index contributed by atoms with van der Waals surface area (Å²) in [6.45, 7) is 0. The fraction of sp³-hybridized carbons (Fsp3) is 0.176. The average molecular weight is 281 g/mol. The first-order valence-electron chi connectivity index (χ1n) is 6.82. The molecule has 1 aliphatic rings. The summed E-state index contributed by atoms with van der Waals surface area (Å²) in [7, 11) is 0. The minimum absolute atomic E-state index is 0.503. The molecule has 0 saturated heterocycles. The maximum atomic E-state index is 11.2. The van der Waals surface area contributed by atoms with Gasteiger partial charge in [-0.15, -0.1) is 0 Å². The summed E-state index contributed by atoms with van der Waals surface area (Å²) in [5, 5.41) is 13.3. The van der Waals surface area contributed by atoms with Gasteiger partial charge in [0.05, 0.1) is 0 Å². The van der Waals surface area contributed by atoms with Crippen LogP contribution in [0, 0.1) is 0 Å². The number of benzene rings is 2. The van der Waals surface area contributed by atoms with Crippen LogP contribution < -0.4 is 0 Å². The largest absolute Gasteiger partial charge is 0.478 e. The highest BCUT2D eigenvalue weighted by Crippen LogP contribution is 2.40. The number of carbonyl (C=O) groups is 1. The van der Waals surface area contributed by atoms with E-state index in [9.17, 15) is 4.79 Å². The molecule has 0 heterocycles. The summed E-state index contributed by atoms with van der Waals surface area (Å²) < 4.78 is 0. The van der Waals surface area contributed by atoms with Gasteiger partial charge in [0.2, 0.25) is 5.60 Å². The normalized spacial score (nSPS) is 15.0. The molecule has 4 nitrogen and oxygen atoms in total. The van der Waals surface area contributed by atoms with Crippen molar-refractivity contribution in [3.8, 4) is 0 Å². The van der Waals surface area contributed by atoms with Gasteiger partial charge in [-0.3, -0.25) is 0 Å². The van der Waals surface area contributed by atoms with Crippen LogP contribution in [-0.4, -0.2) is 22.4 Å². The molecular formula is C17H15NO3. The third-order valence-electron chi connectivity index (χ3n) is 3.50. The molecule has 2 aromatic carbocycles. The van der Waals surface area contributed by atoms with E-state index >= 15 is 0 Å². The Labute approximate surface area is 122 Å². The lowest BCUT2D eigenvalue weighted by Gasteiger charge is -2.11. The van der Waals surface area contributed by atoms with Crippen LogP contribution in [0.5, 0.6) is 0 Å². The summed E-state index contributed by atoms with van der Waals surface area (Å²) in [5.41, 5.74) is 1.30. The zero-order valence-corrected chi connectivity index (χ0v) is 11.4. The molecule has 0 radical (unpaired) electrons. The van der Waals surface area contributed by atoms with E-state index in [-0.39, 0.29) is 0 Å². The van der Waals surface area contributed by atoms with Crippen LogP contribution in [0.1, 0.15) is 24.0 Å². The second kappa shape index (κ2) is 5.40. The molecule has 0 spiro atoms. The first-order chi connectivity index (χ1) is 10.2. The molecule has 21 heavy (non-hydrogen) atoms. The van der Waals surface area contributed by atoms with Gasteiger partial charge < -0.3 is 9.94 Å². The van der Waals surface area contributed by atoms with Crippen molar-refractivity contribution in [2.75, 3.05) is 0 Å². The maximum Gasteiger partial charge on any atom is 0.350 e. The molecule has 0 atom stereocenters. The van der Waals surface area contributed by atoms with Crippen LogP contribution in [0.25, 0.3) is 0 Å². The summed E-state index contributed by atoms with van der Waals surface area (Å²) >= 11 is 0. The summed E-state index contributed by atoms with van der Waals surface area (Å²) in [6.07, 6.45) is 1.01. The Morgan fingerprint density at radius 2 is 1.43 bits per heavy atom. The van der Waals surface area contributed by atoms with Gasteiger partial charge in [0.15, 0.2) is 0 Å². The van der Waals surface area contributed by atoms with E-state index in [0.717, 1.165) is 11.1 Å². The Bertz CT molecular complexity index is 619. The molecule has 0 aromatic heterocycles. The van der Waals surface area contributed by atoms with Crippen molar-refractivity contribution in [1.82, 2.24) is 0 Å². The molecule has 2 aromatic rings. The van der Waals surface area contributed by atoms with Gasteiger partial charge in [0, 0.05) is 24.0 Å². The van der Waals surface area contributed by atoms with E-state index in [1.54, 1.807) is 0 Å². The maximum absolute atomic E-state index is 11.2. The molecule has 1 saturated carbocycles. The Hall–Kier alpha value is -2.62. The number of rotatable bonds is 5. The lowest BCUT2D eigenvalue weighted by Crippen LogP contribution is -2.24. The van der Waals surface area contributed by atoms with Gasteiger partial charge in [-0.05, 0) is 0 Å². The highest BCUT2D eigenvalue weighted by molar-refractivity contribution is 6.12. The van der Waals surface area contributed by atoms with Crippen molar-refractivity contribution in [3.05, 3.63) is 71.8 Å². The van der Waals surface area contributed by atoms with Crippen molar-refractivity contribution in [1.29, 1.82) is 0 Å². The van der Waals surface area contributed by atoms with E-state index in [4.69, 9.17) is 9.94 Å². The predicted octanol–water partition coefficient (Wildman–Crippen LogP) is 3.07. The molecule has 0 amide bonds. The SMILES string of the molecule is O=C(O)C1(ON=C(c2ccccc2)c2ccccc2)CC1. The molecule has 3 rings (SSSR count). The summed E-state index contributed by atoms with van der Waals surface area (Å²) in [6, 6.07) is 19.2. The minimum Gasteiger partial charge on any atom is -0.478 e. The number of hydrogen-bond donors (Lipinski definition) is 1. The van der Waals surface area contributed by atoms with Crippen LogP contribution in [-0.2, 0) is 9.63 Å². The Balaban J connectivity index is 1.95. The van der Waals surface area contributed by atoms with Crippen LogP contribution in [0.4, 0.5) is 0 Å². The summed E-state index contributed by atoms with van der Waals surface area (Å²) in [5.74, 6) is -0.952. The van der Waals surface area contributed by atoms with E-state index in [2.05, 4.69) is 5.16 Å². The number of carboxylic acids is 1. The zero-order valence-electron chi connectivity index (χ0n) is 11.4. The molecule has 1 aliphatic carbocycles. The quantitative estimate of drug-likeness (QED) is 0.677. The Morgan fingerprint density at radius 1 is 0.952 bits per heavy atom. The van der Waals surface area contributed by atoms with E-state index in [0.29, 0.717) is 18.6 Å². The zero-order chi connectivity index (χ0) is 14.7. The van der Waals surface area contributed by atoms with Gasteiger partial charge >= 0.3 is 5.97 Å². The van der Waals surface area contributed by atoms with Gasteiger partial charge in [-0.25, -0.2) is 4.79 Å². The fourth-order valence-electron chi connectivity index (χ4n) is 2.05.